The Morgan fingerprint density at radius 2 is 0.935 bits per heavy atom. The first-order valence-electron chi connectivity index (χ1n) is 15.3. The Labute approximate surface area is 260 Å². The van der Waals surface area contributed by atoms with Crippen LogP contribution in [0.15, 0.2) is 122 Å². The lowest BCUT2D eigenvalue weighted by molar-refractivity contribution is 1.10. The first-order chi connectivity index (χ1) is 22.8. The molecule has 0 atom stereocenters. The third-order valence-corrected chi connectivity index (χ3v) is 9.82. The van der Waals surface area contributed by atoms with Crippen LogP contribution in [0, 0.1) is 11.3 Å². The topological polar surface area (TPSA) is 72.3 Å². The van der Waals surface area contributed by atoms with Crippen LogP contribution in [0.1, 0.15) is 5.56 Å². The summed E-state index contributed by atoms with van der Waals surface area (Å²) in [5, 5.41) is 22.4. The van der Waals surface area contributed by atoms with E-state index in [1.165, 1.54) is 26.9 Å². The summed E-state index contributed by atoms with van der Waals surface area (Å²) in [6.45, 7) is 0. The molecule has 4 aromatic heterocycles. The van der Waals surface area contributed by atoms with Crippen LogP contribution in [0.25, 0.3) is 98.5 Å². The maximum atomic E-state index is 11.0. The van der Waals surface area contributed by atoms with Gasteiger partial charge in [-0.1, -0.05) is 66.7 Å². The normalized spacial score (nSPS) is 12.3. The second-order valence-electron chi connectivity index (χ2n) is 11.9. The Kier molecular flexibility index (Phi) is 4.31. The number of benzene rings is 7. The van der Waals surface area contributed by atoms with Gasteiger partial charge in [0.15, 0.2) is 0 Å². The number of pyridine rings is 1. The van der Waals surface area contributed by atoms with Crippen molar-refractivity contribution in [2.45, 2.75) is 0 Å². The number of hydrogen-bond donors (Lipinski definition) is 0. The van der Waals surface area contributed by atoms with Gasteiger partial charge in [-0.25, -0.2) is 4.98 Å². The molecular formula is C40H20N6. The average Bonchev–Trinajstić information content (AvgIpc) is 3.64. The van der Waals surface area contributed by atoms with Gasteiger partial charge in [0.2, 0.25) is 0 Å². The molecule has 0 fully saturated rings. The van der Waals surface area contributed by atoms with Crippen LogP contribution in [-0.2, 0) is 0 Å². The fraction of sp³-hybridized carbons (Fsp3) is 0. The summed E-state index contributed by atoms with van der Waals surface area (Å²) in [6.07, 6.45) is 5.39. The van der Waals surface area contributed by atoms with Gasteiger partial charge in [0.1, 0.15) is 17.3 Å². The van der Waals surface area contributed by atoms with Crippen molar-refractivity contribution in [1.82, 2.24) is 24.1 Å². The van der Waals surface area contributed by atoms with Gasteiger partial charge in [-0.15, -0.1) is 0 Å². The van der Waals surface area contributed by atoms with E-state index >= 15 is 0 Å². The molecule has 0 saturated carbocycles. The maximum Gasteiger partial charge on any atom is 0.146 e. The summed E-state index contributed by atoms with van der Waals surface area (Å²) in [5.41, 5.74) is 7.92. The maximum absolute atomic E-state index is 11.0. The Morgan fingerprint density at radius 1 is 0.435 bits per heavy atom. The molecule has 0 aliphatic rings. The smallest absolute Gasteiger partial charge is 0.146 e. The first kappa shape index (κ1) is 23.8. The molecule has 210 valence electrons. The van der Waals surface area contributed by atoms with Crippen LogP contribution < -0.4 is 0 Å². The lowest BCUT2D eigenvalue weighted by Gasteiger charge is -2.15. The van der Waals surface area contributed by atoms with Gasteiger partial charge in [0.25, 0.3) is 0 Å². The van der Waals surface area contributed by atoms with Gasteiger partial charge in [0, 0.05) is 50.9 Å². The van der Waals surface area contributed by atoms with Crippen LogP contribution in [0.3, 0.4) is 0 Å². The minimum Gasteiger partial charge on any atom is -0.308 e. The Hall–Kier alpha value is -6.58. The van der Waals surface area contributed by atoms with E-state index in [2.05, 4.69) is 100 Å². The number of fused-ring (bicyclic) bond motifs is 6. The molecule has 0 saturated heterocycles. The molecule has 4 heterocycles. The summed E-state index contributed by atoms with van der Waals surface area (Å²) >= 11 is 0. The van der Waals surface area contributed by atoms with Crippen molar-refractivity contribution in [3.8, 4) is 17.4 Å². The number of hydrogen-bond acceptors (Lipinski definition) is 4. The quantitative estimate of drug-likeness (QED) is 0.190. The van der Waals surface area contributed by atoms with Crippen molar-refractivity contribution >= 4 is 87.1 Å². The molecule has 0 spiro atoms. The van der Waals surface area contributed by atoms with E-state index < -0.39 is 0 Å². The third-order valence-electron chi connectivity index (χ3n) is 9.82. The van der Waals surface area contributed by atoms with Crippen LogP contribution in [0.4, 0.5) is 0 Å². The molecule has 6 heteroatoms. The van der Waals surface area contributed by atoms with Crippen molar-refractivity contribution in [1.29, 1.82) is 5.26 Å². The van der Waals surface area contributed by atoms with E-state index in [4.69, 9.17) is 15.0 Å². The standard InChI is InChI=1S/C40H20N6/c41-21-28-29(45-31-14-4-10-26-35(31)36-27(11-5-15-32(36)45)39-38(26)42-19-20-43-39)12-6-13-30(28)46-33-16-3-9-24-22-7-1-2-8-23(22)25-17-18-44-40(46)37(25)34(24)33/h1-20H. The molecule has 0 N–H and O–H groups in total. The Bertz CT molecular complexity index is 2730. The van der Waals surface area contributed by atoms with Crippen LogP contribution in [-0.4, -0.2) is 24.1 Å². The van der Waals surface area contributed by atoms with E-state index in [1.54, 1.807) is 12.4 Å². The van der Waals surface area contributed by atoms with Crippen LogP contribution in [0.2, 0.25) is 0 Å². The Morgan fingerprint density at radius 3 is 1.57 bits per heavy atom. The minimum atomic E-state index is 0.582. The molecule has 11 aromatic rings. The molecule has 0 radical (unpaired) electrons. The highest BCUT2D eigenvalue weighted by Crippen LogP contribution is 2.45. The van der Waals surface area contributed by atoms with E-state index in [-0.39, 0.29) is 0 Å². The van der Waals surface area contributed by atoms with E-state index in [1.807, 2.05) is 24.4 Å². The van der Waals surface area contributed by atoms with Crippen molar-refractivity contribution < 1.29 is 0 Å². The molecule has 0 bridgehead atoms. The van der Waals surface area contributed by atoms with Gasteiger partial charge < -0.3 is 4.57 Å². The number of nitriles is 1. The van der Waals surface area contributed by atoms with Crippen molar-refractivity contribution in [2.24, 2.45) is 0 Å². The highest BCUT2D eigenvalue weighted by Gasteiger charge is 2.25. The van der Waals surface area contributed by atoms with Gasteiger partial charge in [0.05, 0.1) is 39.0 Å². The molecule has 6 nitrogen and oxygen atoms in total. The Balaban J connectivity index is 1.30. The number of nitrogens with zero attached hydrogens (tertiary/aromatic N) is 6. The fourth-order valence-electron chi connectivity index (χ4n) is 8.13. The van der Waals surface area contributed by atoms with Gasteiger partial charge in [-0.05, 0) is 57.9 Å². The largest absolute Gasteiger partial charge is 0.308 e. The second-order valence-corrected chi connectivity index (χ2v) is 11.9. The summed E-state index contributed by atoms with van der Waals surface area (Å²) < 4.78 is 4.41. The van der Waals surface area contributed by atoms with Gasteiger partial charge >= 0.3 is 0 Å². The highest BCUT2D eigenvalue weighted by molar-refractivity contribution is 6.34. The second kappa shape index (κ2) is 8.32. The van der Waals surface area contributed by atoms with Crippen LogP contribution in [0.5, 0.6) is 0 Å². The first-order valence-corrected chi connectivity index (χ1v) is 15.3. The molecular weight excluding hydrogens is 564 g/mol. The highest BCUT2D eigenvalue weighted by atomic mass is 15.1. The SMILES string of the molecule is N#Cc1c(-n2c3cccc4c5nccnc5c5cccc2c5c43)cccc1-n1c2cccc3c4ccccc4c4ccnc1c4c32. The zero-order valence-electron chi connectivity index (χ0n) is 24.2. The molecule has 7 aromatic carbocycles. The van der Waals surface area contributed by atoms with E-state index in [9.17, 15) is 5.26 Å². The summed E-state index contributed by atoms with van der Waals surface area (Å²) in [5.74, 6) is 0. The molecule has 0 aliphatic heterocycles. The molecule has 0 amide bonds. The molecule has 0 aliphatic carbocycles. The number of aromatic nitrogens is 5. The van der Waals surface area contributed by atoms with Crippen molar-refractivity contribution in [2.75, 3.05) is 0 Å². The van der Waals surface area contributed by atoms with Gasteiger partial charge in [-0.2, -0.15) is 5.26 Å². The summed E-state index contributed by atoms with van der Waals surface area (Å²) in [4.78, 5) is 14.5. The van der Waals surface area contributed by atoms with E-state index in [0.29, 0.717) is 5.56 Å². The average molecular weight is 585 g/mol. The summed E-state index contributed by atoms with van der Waals surface area (Å²) in [6, 6.07) is 38.5. The monoisotopic (exact) mass is 584 g/mol. The number of rotatable bonds is 2. The zero-order valence-corrected chi connectivity index (χ0v) is 24.2. The summed E-state index contributed by atoms with van der Waals surface area (Å²) in [7, 11) is 0. The lowest BCUT2D eigenvalue weighted by Crippen LogP contribution is -2.04. The van der Waals surface area contributed by atoms with Crippen molar-refractivity contribution in [3.05, 3.63) is 127 Å². The predicted octanol–water partition coefficient (Wildman–Crippen LogP) is 9.43. The fourth-order valence-corrected chi connectivity index (χ4v) is 8.13. The minimum absolute atomic E-state index is 0.582. The molecule has 0 unspecified atom stereocenters. The predicted molar refractivity (Wildman–Crippen MR) is 186 cm³/mol. The van der Waals surface area contributed by atoms with E-state index in [0.717, 1.165) is 71.5 Å². The van der Waals surface area contributed by atoms with Gasteiger partial charge in [-0.3, -0.25) is 14.5 Å². The zero-order chi connectivity index (χ0) is 30.1. The van der Waals surface area contributed by atoms with Crippen LogP contribution >= 0.6 is 0 Å². The lowest BCUT2D eigenvalue weighted by atomic mass is 9.96. The molecule has 11 rings (SSSR count). The third kappa shape index (κ3) is 2.71. The van der Waals surface area contributed by atoms with Crippen molar-refractivity contribution in [3.63, 3.8) is 0 Å². The molecule has 46 heavy (non-hydrogen) atoms.